The van der Waals surface area contributed by atoms with Gasteiger partial charge in [0.05, 0.1) is 11.3 Å². The molecule has 0 saturated carbocycles. The van der Waals surface area contributed by atoms with Crippen LogP contribution in [0.15, 0.2) is 54.9 Å². The van der Waals surface area contributed by atoms with Crippen molar-refractivity contribution < 1.29 is 39.5 Å². The van der Waals surface area contributed by atoms with Gasteiger partial charge in [-0.05, 0) is 30.3 Å². The highest BCUT2D eigenvalue weighted by Gasteiger charge is 2.27. The molecule has 16 heteroatoms. The van der Waals surface area contributed by atoms with Gasteiger partial charge in [0, 0.05) is 49.6 Å². The fourth-order valence-corrected chi connectivity index (χ4v) is 5.55. The number of benzene rings is 2. The first-order chi connectivity index (χ1) is 20.5. The van der Waals surface area contributed by atoms with Gasteiger partial charge in [0.25, 0.3) is 0 Å². The molecule has 0 radical (unpaired) electrons. The molecule has 1 unspecified atom stereocenters. The van der Waals surface area contributed by atoms with E-state index in [0.29, 0.717) is 12.6 Å². The first kappa shape index (κ1) is 30.0. The van der Waals surface area contributed by atoms with Gasteiger partial charge in [0.1, 0.15) is 29.2 Å². The Bertz CT molecular complexity index is 1740. The number of aromatic nitrogens is 3. The standard InChI is InChI=1S/C27H22F6N6O3S/c28-14-9-15(12-34-11-14)37-27-36-8-6-21(38-27)16-3-2-7-35-26(16)42-22-10-20(31)25(24(33)23(22)32)39-43(40,41)13-17-18(29)4-1-5-19(17)30/h1-8,10,14-15,34,39H,9,11-13H2,(H,36,37,38)/t14-,15?/m0/s1. The van der Waals surface area contributed by atoms with Gasteiger partial charge in [-0.1, -0.05) is 6.07 Å². The lowest BCUT2D eigenvalue weighted by Crippen LogP contribution is -2.44. The normalized spacial score (nSPS) is 17.0. The van der Waals surface area contributed by atoms with E-state index in [1.807, 2.05) is 0 Å². The topological polar surface area (TPSA) is 118 Å². The van der Waals surface area contributed by atoms with Crippen LogP contribution in [0.4, 0.5) is 38.0 Å². The lowest BCUT2D eigenvalue weighted by molar-refractivity contribution is 0.254. The molecule has 5 rings (SSSR count). The molecule has 2 aromatic heterocycles. The number of hydrogen-bond donors (Lipinski definition) is 3. The van der Waals surface area contributed by atoms with Gasteiger partial charge < -0.3 is 15.4 Å². The van der Waals surface area contributed by atoms with Gasteiger partial charge in [-0.2, -0.15) is 4.39 Å². The summed E-state index contributed by atoms with van der Waals surface area (Å²) in [5.41, 5.74) is -1.88. The summed E-state index contributed by atoms with van der Waals surface area (Å²) in [5, 5.41) is 5.96. The van der Waals surface area contributed by atoms with Crippen molar-refractivity contribution in [1.82, 2.24) is 20.3 Å². The van der Waals surface area contributed by atoms with Crippen LogP contribution in [0.5, 0.6) is 11.6 Å². The van der Waals surface area contributed by atoms with Crippen LogP contribution in [0.2, 0.25) is 0 Å². The van der Waals surface area contributed by atoms with Gasteiger partial charge in [-0.25, -0.2) is 45.3 Å². The van der Waals surface area contributed by atoms with E-state index in [9.17, 15) is 30.4 Å². The van der Waals surface area contributed by atoms with Crippen LogP contribution in [0.1, 0.15) is 12.0 Å². The molecule has 2 atom stereocenters. The third-order valence-corrected chi connectivity index (χ3v) is 7.50. The predicted molar refractivity (Wildman–Crippen MR) is 144 cm³/mol. The second kappa shape index (κ2) is 12.4. The van der Waals surface area contributed by atoms with Crippen molar-refractivity contribution in [2.75, 3.05) is 23.1 Å². The Hall–Kier alpha value is -4.44. The summed E-state index contributed by atoms with van der Waals surface area (Å²) in [6.45, 7) is 0.728. The van der Waals surface area contributed by atoms with Crippen molar-refractivity contribution >= 4 is 21.7 Å². The van der Waals surface area contributed by atoms with Gasteiger partial charge in [-0.3, -0.25) is 4.72 Å². The smallest absolute Gasteiger partial charge is 0.237 e. The highest BCUT2D eigenvalue weighted by molar-refractivity contribution is 7.91. The molecule has 0 amide bonds. The average Bonchev–Trinajstić information content (AvgIpc) is 2.96. The van der Waals surface area contributed by atoms with E-state index in [4.69, 9.17) is 4.74 Å². The minimum absolute atomic E-state index is 0.156. The molecule has 0 aliphatic carbocycles. The second-order valence-corrected chi connectivity index (χ2v) is 11.2. The van der Waals surface area contributed by atoms with Gasteiger partial charge >= 0.3 is 0 Å². The number of alkyl halides is 1. The SMILES string of the molecule is O=S(=O)(Cc1c(F)cccc1F)Nc1c(F)cc(Oc2ncccc2-c2ccnc(NC3CNC[C@@H](F)C3)n2)c(F)c1F. The number of ether oxygens (including phenoxy) is 1. The van der Waals surface area contributed by atoms with Crippen LogP contribution in [0.25, 0.3) is 11.3 Å². The Labute approximate surface area is 241 Å². The molecule has 4 aromatic rings. The molecular formula is C27H22F6N6O3S. The molecule has 1 aliphatic heterocycles. The highest BCUT2D eigenvalue weighted by atomic mass is 32.2. The van der Waals surface area contributed by atoms with E-state index >= 15 is 4.39 Å². The van der Waals surface area contributed by atoms with Crippen molar-refractivity contribution in [3.8, 4) is 22.9 Å². The summed E-state index contributed by atoms with van der Waals surface area (Å²) < 4.78 is 118. The second-order valence-electron chi connectivity index (χ2n) is 9.48. The number of piperidine rings is 1. The molecule has 1 fully saturated rings. The van der Waals surface area contributed by atoms with E-state index in [-0.39, 0.29) is 42.1 Å². The lowest BCUT2D eigenvalue weighted by atomic mass is 10.1. The van der Waals surface area contributed by atoms with Crippen LogP contribution < -0.4 is 20.1 Å². The van der Waals surface area contributed by atoms with Crippen molar-refractivity contribution in [3.05, 3.63) is 89.5 Å². The number of sulfonamides is 1. The van der Waals surface area contributed by atoms with Gasteiger partial charge in [0.15, 0.2) is 17.4 Å². The zero-order valence-corrected chi connectivity index (χ0v) is 22.7. The van der Waals surface area contributed by atoms with Crippen LogP contribution in [-0.2, 0) is 15.8 Å². The van der Waals surface area contributed by atoms with Crippen molar-refractivity contribution in [1.29, 1.82) is 0 Å². The Kier molecular flexibility index (Phi) is 8.68. The van der Waals surface area contributed by atoms with E-state index in [1.165, 1.54) is 35.3 Å². The van der Waals surface area contributed by atoms with Crippen molar-refractivity contribution in [3.63, 3.8) is 0 Å². The maximum atomic E-state index is 15.0. The molecule has 1 saturated heterocycles. The number of nitrogens with zero attached hydrogens (tertiary/aromatic N) is 3. The Balaban J connectivity index is 1.38. The quantitative estimate of drug-likeness (QED) is 0.174. The largest absolute Gasteiger partial charge is 0.435 e. The van der Waals surface area contributed by atoms with E-state index < -0.39 is 68.0 Å². The molecule has 0 bridgehead atoms. The molecule has 43 heavy (non-hydrogen) atoms. The molecule has 2 aromatic carbocycles. The maximum absolute atomic E-state index is 15.0. The van der Waals surface area contributed by atoms with Crippen molar-refractivity contribution in [2.24, 2.45) is 0 Å². The average molecular weight is 625 g/mol. The van der Waals surface area contributed by atoms with Crippen LogP contribution in [-0.4, -0.2) is 48.7 Å². The van der Waals surface area contributed by atoms with Crippen LogP contribution in [0.3, 0.4) is 0 Å². The Morgan fingerprint density at radius 3 is 2.44 bits per heavy atom. The molecule has 3 N–H and O–H groups in total. The fourth-order valence-electron chi connectivity index (χ4n) is 4.32. The number of hydrogen-bond acceptors (Lipinski definition) is 8. The highest BCUT2D eigenvalue weighted by Crippen LogP contribution is 2.36. The predicted octanol–water partition coefficient (Wildman–Crippen LogP) is 5.08. The zero-order chi connectivity index (χ0) is 30.7. The maximum Gasteiger partial charge on any atom is 0.237 e. The number of nitrogens with one attached hydrogen (secondary N) is 3. The van der Waals surface area contributed by atoms with E-state index in [2.05, 4.69) is 25.6 Å². The van der Waals surface area contributed by atoms with Crippen LogP contribution in [0, 0.1) is 29.1 Å². The summed E-state index contributed by atoms with van der Waals surface area (Å²) in [6, 6.07) is 7.18. The molecule has 3 heterocycles. The van der Waals surface area contributed by atoms with Crippen LogP contribution >= 0.6 is 0 Å². The molecule has 9 nitrogen and oxygen atoms in total. The van der Waals surface area contributed by atoms with Gasteiger partial charge in [-0.15, -0.1) is 0 Å². The van der Waals surface area contributed by atoms with Crippen molar-refractivity contribution in [2.45, 2.75) is 24.4 Å². The van der Waals surface area contributed by atoms with Gasteiger partial charge in [0.2, 0.25) is 27.7 Å². The first-order valence-corrected chi connectivity index (χ1v) is 14.3. The third kappa shape index (κ3) is 6.97. The summed E-state index contributed by atoms with van der Waals surface area (Å²) in [7, 11) is -4.80. The summed E-state index contributed by atoms with van der Waals surface area (Å²) in [6.07, 6.45) is 1.87. The fraction of sp³-hybridized carbons (Fsp3) is 0.222. The van der Waals surface area contributed by atoms with E-state index in [0.717, 1.165) is 18.2 Å². The molecule has 226 valence electrons. The Morgan fingerprint density at radius 2 is 1.70 bits per heavy atom. The van der Waals surface area contributed by atoms with E-state index in [1.54, 1.807) is 0 Å². The number of pyridine rings is 1. The number of halogens is 6. The monoisotopic (exact) mass is 624 g/mol. The molecule has 1 aliphatic rings. The minimum Gasteiger partial charge on any atom is -0.435 e. The lowest BCUT2D eigenvalue weighted by Gasteiger charge is -2.26. The third-order valence-electron chi connectivity index (χ3n) is 6.32. The summed E-state index contributed by atoms with van der Waals surface area (Å²) in [4.78, 5) is 12.5. The summed E-state index contributed by atoms with van der Waals surface area (Å²) >= 11 is 0. The molecule has 0 spiro atoms. The number of anilines is 2. The Morgan fingerprint density at radius 1 is 0.930 bits per heavy atom. The number of rotatable bonds is 9. The minimum atomic E-state index is -4.80. The summed E-state index contributed by atoms with van der Waals surface area (Å²) in [5.74, 6) is -10.2. The zero-order valence-electron chi connectivity index (χ0n) is 21.9. The molecular weight excluding hydrogens is 602 g/mol. The first-order valence-electron chi connectivity index (χ1n) is 12.7.